The Kier molecular flexibility index (Phi) is 66.6. The number of ether oxygens (including phenoxy) is 4. The number of esters is 2. The van der Waals surface area contributed by atoms with Crippen molar-refractivity contribution in [3.8, 4) is 0 Å². The zero-order chi connectivity index (χ0) is 64.0. The van der Waals surface area contributed by atoms with E-state index in [4.69, 9.17) is 18.9 Å². The summed E-state index contributed by atoms with van der Waals surface area (Å²) in [5, 5.41) is 11.8. The largest absolute Gasteiger partial charge is 0.545 e. The Bertz CT molecular complexity index is 1720. The highest BCUT2D eigenvalue weighted by atomic mass is 16.7. The number of carboxylic acid groups (broad SMARTS) is 1. The molecule has 0 aromatic rings. The minimum absolute atomic E-state index is 0.134. The molecule has 0 bridgehead atoms. The van der Waals surface area contributed by atoms with Crippen LogP contribution >= 0.6 is 0 Å². The molecule has 9 heteroatoms. The van der Waals surface area contributed by atoms with Crippen molar-refractivity contribution in [1.82, 2.24) is 0 Å². The van der Waals surface area contributed by atoms with E-state index in [0.29, 0.717) is 23.9 Å². The van der Waals surface area contributed by atoms with Gasteiger partial charge in [0.05, 0.1) is 40.3 Å². The molecular weight excluding hydrogens is 1090 g/mol. The summed E-state index contributed by atoms with van der Waals surface area (Å²) in [6.45, 7) is 4.60. The monoisotopic (exact) mass is 1230 g/mol. The van der Waals surface area contributed by atoms with Gasteiger partial charge < -0.3 is 33.3 Å². The Morgan fingerprint density at radius 1 is 0.352 bits per heavy atom. The molecule has 0 saturated carbocycles. The number of unbranched alkanes of at least 4 members (excludes halogenated alkanes) is 40. The maximum Gasteiger partial charge on any atom is 0.306 e. The molecule has 0 amide bonds. The highest BCUT2D eigenvalue weighted by Gasteiger charge is 2.22. The molecule has 0 aliphatic rings. The summed E-state index contributed by atoms with van der Waals surface area (Å²) in [4.78, 5) is 37.4. The molecule has 0 spiro atoms. The molecule has 0 aliphatic carbocycles. The van der Waals surface area contributed by atoms with E-state index in [1.807, 2.05) is 21.1 Å². The van der Waals surface area contributed by atoms with Crippen LogP contribution < -0.4 is 5.11 Å². The Hall–Kier alpha value is -3.53. The molecular formula is C79H141NO8. The first kappa shape index (κ1) is 84.5. The topological polar surface area (TPSA) is 111 Å². The van der Waals surface area contributed by atoms with Crippen molar-refractivity contribution in [1.29, 1.82) is 0 Å². The number of carboxylic acids is 1. The molecule has 2 unspecified atom stereocenters. The van der Waals surface area contributed by atoms with Gasteiger partial charge >= 0.3 is 11.9 Å². The van der Waals surface area contributed by atoms with Gasteiger partial charge in [-0.05, 0) is 64.2 Å². The highest BCUT2D eigenvalue weighted by molar-refractivity contribution is 5.70. The first-order valence-corrected chi connectivity index (χ1v) is 37.2. The fourth-order valence-electron chi connectivity index (χ4n) is 10.8. The van der Waals surface area contributed by atoms with Crippen LogP contribution in [0.2, 0.25) is 0 Å². The summed E-state index contributed by atoms with van der Waals surface area (Å²) >= 11 is 0. The predicted octanol–water partition coefficient (Wildman–Crippen LogP) is 22.1. The lowest BCUT2D eigenvalue weighted by Crippen LogP contribution is -2.44. The summed E-state index contributed by atoms with van der Waals surface area (Å²) in [7, 11) is 5.91. The molecule has 9 nitrogen and oxygen atoms in total. The maximum atomic E-state index is 12.9. The Morgan fingerprint density at radius 3 is 0.955 bits per heavy atom. The number of hydrogen-bond donors (Lipinski definition) is 0. The summed E-state index contributed by atoms with van der Waals surface area (Å²) in [5.41, 5.74) is 0. The zero-order valence-corrected chi connectivity index (χ0v) is 58.3. The van der Waals surface area contributed by atoms with E-state index in [1.165, 1.54) is 238 Å². The number of likely N-dealkylation sites (N-methyl/N-ethyl adjacent to an activating group) is 1. The van der Waals surface area contributed by atoms with Gasteiger partial charge in [0, 0.05) is 12.8 Å². The molecule has 88 heavy (non-hydrogen) atoms. The highest BCUT2D eigenvalue weighted by Crippen LogP contribution is 2.19. The smallest absolute Gasteiger partial charge is 0.306 e. The standard InChI is InChI=1S/C79H141NO8/c1-6-8-10-12-14-16-18-20-22-24-26-28-30-31-32-33-34-35-36-37-38-39-40-41-42-43-44-45-46-48-49-51-53-55-57-59-61-63-65-67-69-76(81)86-73-75(74-87-79(78(83)84)85-72-71-80(3,4)5)88-77(82)70-68-66-64-62-60-58-56-54-52-50-47-29-27-25-23-21-19-17-15-13-11-9-7-2/h9,11,15,17,21,23,27,29,50,52,56,58,62,64,75,79H,6-8,10,12-14,16,18-20,22,24-26,28,30-49,51,53-55,57,59-61,63,65-74H2,1-5H3/b11-9-,17-15-,23-21-,29-27-,52-50-,58-56-,64-62-. The Morgan fingerprint density at radius 2 is 0.648 bits per heavy atom. The van der Waals surface area contributed by atoms with Crippen LogP contribution in [-0.2, 0) is 33.3 Å². The molecule has 0 aromatic carbocycles. The van der Waals surface area contributed by atoms with Crippen molar-refractivity contribution in [3.63, 3.8) is 0 Å². The number of allylic oxidation sites excluding steroid dienone is 14. The van der Waals surface area contributed by atoms with Gasteiger partial charge in [-0.15, -0.1) is 0 Å². The van der Waals surface area contributed by atoms with Gasteiger partial charge in [0.15, 0.2) is 12.4 Å². The Balaban J connectivity index is 4.01. The van der Waals surface area contributed by atoms with E-state index >= 15 is 0 Å². The lowest BCUT2D eigenvalue weighted by molar-refractivity contribution is -0.870. The van der Waals surface area contributed by atoms with Crippen LogP contribution in [-0.4, -0.2) is 82.3 Å². The third-order valence-corrected chi connectivity index (χ3v) is 16.4. The van der Waals surface area contributed by atoms with Crippen LogP contribution in [0, 0.1) is 0 Å². The molecule has 0 saturated heterocycles. The van der Waals surface area contributed by atoms with Gasteiger partial charge in [-0.25, -0.2) is 0 Å². The second-order valence-corrected chi connectivity index (χ2v) is 26.2. The van der Waals surface area contributed by atoms with Gasteiger partial charge in [0.2, 0.25) is 0 Å². The Labute approximate surface area is 544 Å². The number of rotatable bonds is 69. The van der Waals surface area contributed by atoms with E-state index in [0.717, 1.165) is 64.2 Å². The van der Waals surface area contributed by atoms with Gasteiger partial charge in [-0.2, -0.15) is 0 Å². The van der Waals surface area contributed by atoms with Crippen molar-refractivity contribution in [2.24, 2.45) is 0 Å². The number of carbonyl (C=O) groups is 3. The van der Waals surface area contributed by atoms with Gasteiger partial charge in [0.1, 0.15) is 13.2 Å². The van der Waals surface area contributed by atoms with Gasteiger partial charge in [0.25, 0.3) is 0 Å². The molecule has 2 atom stereocenters. The van der Waals surface area contributed by atoms with Crippen LogP contribution in [0.5, 0.6) is 0 Å². The molecule has 0 heterocycles. The fraction of sp³-hybridized carbons (Fsp3) is 0.785. The average Bonchev–Trinajstić information content (AvgIpc) is 3.51. The third-order valence-electron chi connectivity index (χ3n) is 16.4. The first-order chi connectivity index (χ1) is 43.1. The molecule has 0 aromatic heterocycles. The maximum absolute atomic E-state index is 12.9. The van der Waals surface area contributed by atoms with Crippen LogP contribution in [0.15, 0.2) is 85.1 Å². The number of nitrogens with zero attached hydrogens (tertiary/aromatic N) is 1. The first-order valence-electron chi connectivity index (χ1n) is 37.2. The normalized spacial score (nSPS) is 13.1. The predicted molar refractivity (Wildman–Crippen MR) is 375 cm³/mol. The van der Waals surface area contributed by atoms with Gasteiger partial charge in [-0.3, -0.25) is 9.59 Å². The number of quaternary nitrogens is 1. The number of aliphatic carboxylic acids is 1. The molecule has 0 N–H and O–H groups in total. The molecule has 0 fully saturated rings. The van der Waals surface area contributed by atoms with Crippen LogP contribution in [0.25, 0.3) is 0 Å². The third kappa shape index (κ3) is 69.9. The summed E-state index contributed by atoms with van der Waals surface area (Å²) in [6, 6.07) is 0. The number of carbonyl (C=O) groups excluding carboxylic acids is 3. The molecule has 510 valence electrons. The fourth-order valence-corrected chi connectivity index (χ4v) is 10.8. The van der Waals surface area contributed by atoms with E-state index in [9.17, 15) is 19.5 Å². The SMILES string of the molecule is CC/C=C\C/C=C\C/C=C\C/C=C\C/C=C\C/C=C\C/C=C\CCCC(=O)OC(COC(=O)CCCCCCCCCCCCCCCCCCCCCCCCCCCCCCCCCCCCCCCCCC)COC(OCC[N+](C)(C)C)C(=O)[O-]. The van der Waals surface area contributed by atoms with E-state index < -0.39 is 24.3 Å². The summed E-state index contributed by atoms with van der Waals surface area (Å²) in [6.07, 6.45) is 91.5. The summed E-state index contributed by atoms with van der Waals surface area (Å²) in [5.74, 6) is -2.36. The summed E-state index contributed by atoms with van der Waals surface area (Å²) < 4.78 is 22.7. The van der Waals surface area contributed by atoms with Crippen LogP contribution in [0.1, 0.15) is 341 Å². The lowest BCUT2D eigenvalue weighted by Gasteiger charge is -2.26. The van der Waals surface area contributed by atoms with Crippen LogP contribution in [0.4, 0.5) is 0 Å². The van der Waals surface area contributed by atoms with Crippen molar-refractivity contribution < 1.29 is 42.9 Å². The molecule has 0 radical (unpaired) electrons. The minimum Gasteiger partial charge on any atom is -0.545 e. The van der Waals surface area contributed by atoms with Crippen LogP contribution in [0.3, 0.4) is 0 Å². The van der Waals surface area contributed by atoms with Crippen molar-refractivity contribution in [2.45, 2.75) is 354 Å². The van der Waals surface area contributed by atoms with Gasteiger partial charge in [-0.1, -0.05) is 349 Å². The van der Waals surface area contributed by atoms with E-state index in [-0.39, 0.29) is 38.6 Å². The second kappa shape index (κ2) is 69.4. The lowest BCUT2D eigenvalue weighted by atomic mass is 10.0. The van der Waals surface area contributed by atoms with Crippen molar-refractivity contribution >= 4 is 17.9 Å². The quantitative estimate of drug-likeness (QED) is 0.0195. The molecule has 0 rings (SSSR count). The number of hydrogen-bond acceptors (Lipinski definition) is 8. The molecule has 0 aliphatic heterocycles. The van der Waals surface area contributed by atoms with E-state index in [1.54, 1.807) is 0 Å². The van der Waals surface area contributed by atoms with Crippen molar-refractivity contribution in [3.05, 3.63) is 85.1 Å². The average molecular weight is 1230 g/mol. The zero-order valence-electron chi connectivity index (χ0n) is 58.3. The second-order valence-electron chi connectivity index (χ2n) is 26.2. The minimum atomic E-state index is -1.64. The van der Waals surface area contributed by atoms with E-state index in [2.05, 4.69) is 98.9 Å². The van der Waals surface area contributed by atoms with Crippen molar-refractivity contribution in [2.75, 3.05) is 47.5 Å².